The minimum atomic E-state index is -0.401. The third-order valence-electron chi connectivity index (χ3n) is 2.71. The molecule has 5 heteroatoms. The molecule has 0 saturated carbocycles. The van der Waals surface area contributed by atoms with Crippen LogP contribution < -0.4 is 5.32 Å². The quantitative estimate of drug-likeness (QED) is 0.680. The van der Waals surface area contributed by atoms with Crippen molar-refractivity contribution in [3.05, 3.63) is 60.2 Å². The Morgan fingerprint density at radius 2 is 1.71 bits per heavy atom. The van der Waals surface area contributed by atoms with Crippen LogP contribution in [-0.4, -0.2) is 24.7 Å². The number of anilines is 1. The van der Waals surface area contributed by atoms with Gasteiger partial charge in [0.15, 0.2) is 0 Å². The highest BCUT2D eigenvalue weighted by atomic mass is 32.2. The summed E-state index contributed by atoms with van der Waals surface area (Å²) in [5.41, 5.74) is 1.22. The Balaban J connectivity index is 1.97. The number of hydrogen-bond donors (Lipinski definition) is 1. The molecule has 0 aliphatic heterocycles. The lowest BCUT2D eigenvalue weighted by Crippen LogP contribution is -2.14. The lowest BCUT2D eigenvalue weighted by molar-refractivity contribution is -0.113. The van der Waals surface area contributed by atoms with Crippen molar-refractivity contribution in [1.82, 2.24) is 0 Å². The lowest BCUT2D eigenvalue weighted by Gasteiger charge is -2.08. The molecule has 21 heavy (non-hydrogen) atoms. The van der Waals surface area contributed by atoms with Crippen molar-refractivity contribution in [2.75, 3.05) is 18.2 Å². The summed E-state index contributed by atoms with van der Waals surface area (Å²) in [7, 11) is 1.34. The van der Waals surface area contributed by atoms with E-state index in [-0.39, 0.29) is 11.7 Å². The van der Waals surface area contributed by atoms with Gasteiger partial charge in [-0.2, -0.15) is 0 Å². The Morgan fingerprint density at radius 1 is 1.05 bits per heavy atom. The third-order valence-corrected chi connectivity index (χ3v) is 3.78. The number of benzene rings is 2. The maximum absolute atomic E-state index is 11.9. The number of amides is 1. The van der Waals surface area contributed by atoms with Crippen molar-refractivity contribution < 1.29 is 14.3 Å². The standard InChI is InChI=1S/C16H15NO3S/c1-20-16(19)13-9-5-6-10-14(13)21-11-15(18)17-12-7-3-2-4-8-12/h2-10H,11H2,1H3,(H,17,18). The van der Waals surface area contributed by atoms with Crippen LogP contribution in [0.5, 0.6) is 0 Å². The van der Waals surface area contributed by atoms with Crippen molar-refractivity contribution in [2.45, 2.75) is 4.90 Å². The van der Waals surface area contributed by atoms with Gasteiger partial charge < -0.3 is 10.1 Å². The maximum Gasteiger partial charge on any atom is 0.338 e. The Morgan fingerprint density at radius 3 is 2.43 bits per heavy atom. The molecule has 0 fully saturated rings. The number of rotatable bonds is 5. The molecule has 0 aliphatic rings. The SMILES string of the molecule is COC(=O)c1ccccc1SCC(=O)Nc1ccccc1. The molecule has 0 heterocycles. The number of esters is 1. The molecule has 108 valence electrons. The second-order valence-corrected chi connectivity index (χ2v) is 5.21. The second kappa shape index (κ2) is 7.50. The average molecular weight is 301 g/mol. The molecule has 1 amide bonds. The number of para-hydroxylation sites is 1. The minimum absolute atomic E-state index is 0.120. The highest BCUT2D eigenvalue weighted by Crippen LogP contribution is 2.23. The van der Waals surface area contributed by atoms with Gasteiger partial charge in [0.2, 0.25) is 5.91 Å². The summed E-state index contributed by atoms with van der Waals surface area (Å²) in [6, 6.07) is 16.3. The Kier molecular flexibility index (Phi) is 5.40. The molecular weight excluding hydrogens is 286 g/mol. The predicted molar refractivity (Wildman–Crippen MR) is 83.6 cm³/mol. The number of methoxy groups -OCH3 is 1. The van der Waals surface area contributed by atoms with Crippen LogP contribution in [0.2, 0.25) is 0 Å². The molecule has 2 aromatic rings. The summed E-state index contributed by atoms with van der Waals surface area (Å²) in [6.45, 7) is 0. The number of carbonyl (C=O) groups is 2. The number of nitrogens with one attached hydrogen (secondary N) is 1. The fraction of sp³-hybridized carbons (Fsp3) is 0.125. The first-order chi connectivity index (χ1) is 10.2. The molecule has 0 unspecified atom stereocenters. The summed E-state index contributed by atoms with van der Waals surface area (Å²) >= 11 is 1.31. The molecule has 0 aliphatic carbocycles. The Hall–Kier alpha value is -2.27. The van der Waals surface area contributed by atoms with Crippen LogP contribution in [0.3, 0.4) is 0 Å². The van der Waals surface area contributed by atoms with Gasteiger partial charge in [-0.05, 0) is 24.3 Å². The first-order valence-electron chi connectivity index (χ1n) is 6.36. The molecule has 0 saturated heterocycles. The van der Waals surface area contributed by atoms with Crippen LogP contribution >= 0.6 is 11.8 Å². The van der Waals surface area contributed by atoms with E-state index in [9.17, 15) is 9.59 Å². The Labute approximate surface area is 127 Å². The molecular formula is C16H15NO3S. The highest BCUT2D eigenvalue weighted by Gasteiger charge is 2.12. The second-order valence-electron chi connectivity index (χ2n) is 4.19. The largest absolute Gasteiger partial charge is 0.465 e. The fourth-order valence-electron chi connectivity index (χ4n) is 1.73. The number of thioether (sulfide) groups is 1. The van der Waals surface area contributed by atoms with E-state index < -0.39 is 5.97 Å². The van der Waals surface area contributed by atoms with Crippen molar-refractivity contribution in [3.63, 3.8) is 0 Å². The first kappa shape index (κ1) is 15.1. The maximum atomic E-state index is 11.9. The van der Waals surface area contributed by atoms with Gasteiger partial charge in [0, 0.05) is 10.6 Å². The van der Waals surface area contributed by atoms with Gasteiger partial charge in [0.1, 0.15) is 0 Å². The number of carbonyl (C=O) groups excluding carboxylic acids is 2. The molecule has 0 atom stereocenters. The third kappa shape index (κ3) is 4.36. The van der Waals surface area contributed by atoms with E-state index in [1.54, 1.807) is 18.2 Å². The van der Waals surface area contributed by atoms with E-state index in [0.29, 0.717) is 5.56 Å². The van der Waals surface area contributed by atoms with Crippen molar-refractivity contribution in [1.29, 1.82) is 0 Å². The van der Waals surface area contributed by atoms with Crippen LogP contribution in [0, 0.1) is 0 Å². The van der Waals surface area contributed by atoms with E-state index in [1.165, 1.54) is 18.9 Å². The molecule has 1 N–H and O–H groups in total. The Bertz CT molecular complexity index is 628. The van der Waals surface area contributed by atoms with E-state index in [4.69, 9.17) is 4.74 Å². The topological polar surface area (TPSA) is 55.4 Å². The number of hydrogen-bond acceptors (Lipinski definition) is 4. The summed E-state index contributed by atoms with van der Waals surface area (Å²) in [6.07, 6.45) is 0. The summed E-state index contributed by atoms with van der Waals surface area (Å²) in [4.78, 5) is 24.3. The smallest absolute Gasteiger partial charge is 0.338 e. The minimum Gasteiger partial charge on any atom is -0.465 e. The monoisotopic (exact) mass is 301 g/mol. The van der Waals surface area contributed by atoms with Crippen molar-refractivity contribution in [2.24, 2.45) is 0 Å². The van der Waals surface area contributed by atoms with Crippen LogP contribution in [0.4, 0.5) is 5.69 Å². The molecule has 4 nitrogen and oxygen atoms in total. The first-order valence-corrected chi connectivity index (χ1v) is 7.34. The van der Waals surface area contributed by atoms with E-state index >= 15 is 0 Å². The molecule has 0 spiro atoms. The zero-order valence-corrected chi connectivity index (χ0v) is 12.4. The lowest BCUT2D eigenvalue weighted by atomic mass is 10.2. The van der Waals surface area contributed by atoms with Gasteiger partial charge in [-0.1, -0.05) is 30.3 Å². The highest BCUT2D eigenvalue weighted by molar-refractivity contribution is 8.00. The van der Waals surface area contributed by atoms with Crippen molar-refractivity contribution in [3.8, 4) is 0 Å². The van der Waals surface area contributed by atoms with Crippen LogP contribution in [-0.2, 0) is 9.53 Å². The van der Waals surface area contributed by atoms with Gasteiger partial charge in [0.05, 0.1) is 18.4 Å². The molecule has 0 radical (unpaired) electrons. The van der Waals surface area contributed by atoms with Gasteiger partial charge in [-0.3, -0.25) is 4.79 Å². The molecule has 2 aromatic carbocycles. The van der Waals surface area contributed by atoms with Crippen LogP contribution in [0.1, 0.15) is 10.4 Å². The normalized spacial score (nSPS) is 9.95. The van der Waals surface area contributed by atoms with Gasteiger partial charge in [-0.25, -0.2) is 4.79 Å². The van der Waals surface area contributed by atoms with E-state index in [2.05, 4.69) is 5.32 Å². The fourth-order valence-corrected chi connectivity index (χ4v) is 2.57. The van der Waals surface area contributed by atoms with Gasteiger partial charge >= 0.3 is 5.97 Å². The molecule has 0 aromatic heterocycles. The predicted octanol–water partition coefficient (Wildman–Crippen LogP) is 3.20. The average Bonchev–Trinajstić information content (AvgIpc) is 2.53. The number of ether oxygens (including phenoxy) is 1. The van der Waals surface area contributed by atoms with Gasteiger partial charge in [0.25, 0.3) is 0 Å². The van der Waals surface area contributed by atoms with Crippen LogP contribution in [0.15, 0.2) is 59.5 Å². The zero-order chi connectivity index (χ0) is 15.1. The van der Waals surface area contributed by atoms with Gasteiger partial charge in [-0.15, -0.1) is 11.8 Å². The summed E-state index contributed by atoms with van der Waals surface area (Å²) in [5.74, 6) is -0.296. The summed E-state index contributed by atoms with van der Waals surface area (Å²) < 4.78 is 4.73. The zero-order valence-electron chi connectivity index (χ0n) is 11.5. The molecule has 2 rings (SSSR count). The van der Waals surface area contributed by atoms with E-state index in [1.807, 2.05) is 36.4 Å². The van der Waals surface area contributed by atoms with Crippen LogP contribution in [0.25, 0.3) is 0 Å². The van der Waals surface area contributed by atoms with E-state index in [0.717, 1.165) is 10.6 Å². The van der Waals surface area contributed by atoms with Crippen molar-refractivity contribution >= 4 is 29.3 Å². The molecule has 0 bridgehead atoms. The summed E-state index contributed by atoms with van der Waals surface area (Å²) in [5, 5.41) is 2.80.